The van der Waals surface area contributed by atoms with Gasteiger partial charge in [0.25, 0.3) is 16.0 Å². The second-order valence-electron chi connectivity index (χ2n) is 19.6. The normalized spacial score (nSPS) is 25.3. The molecule has 0 radical (unpaired) electrons. The highest BCUT2D eigenvalue weighted by Crippen LogP contribution is 2.72. The number of pyridine rings is 1. The maximum Gasteiger partial charge on any atom is 0.355 e. The summed E-state index contributed by atoms with van der Waals surface area (Å²) in [5, 5.41) is 19.0. The number of nitrogens with two attached hydrogens (primary N) is 1. The average Bonchev–Trinajstić information content (AvgIpc) is 3.79. The molecule has 4 saturated carbocycles. The van der Waals surface area contributed by atoms with Gasteiger partial charge in [0.2, 0.25) is 5.91 Å². The molecular weight excluding hydrogens is 857 g/mol. The lowest BCUT2D eigenvalue weighted by molar-refractivity contribution is -0.248. The molecule has 3 aromatic heterocycles. The summed E-state index contributed by atoms with van der Waals surface area (Å²) in [4.78, 5) is 52.1. The van der Waals surface area contributed by atoms with Crippen LogP contribution >= 0.6 is 11.3 Å². The Morgan fingerprint density at radius 3 is 2.45 bits per heavy atom. The summed E-state index contributed by atoms with van der Waals surface area (Å²) < 4.78 is 41.6. The zero-order chi connectivity index (χ0) is 45.4. The van der Waals surface area contributed by atoms with E-state index in [0.29, 0.717) is 53.7 Å². The first-order chi connectivity index (χ1) is 30.2. The van der Waals surface area contributed by atoms with Gasteiger partial charge in [-0.2, -0.15) is 13.5 Å². The number of thiazole rings is 1. The van der Waals surface area contributed by atoms with E-state index < -0.39 is 39.4 Å². The van der Waals surface area contributed by atoms with Crippen molar-refractivity contribution in [3.63, 3.8) is 0 Å². The number of ether oxygens (including phenoxy) is 1. The second-order valence-corrected chi connectivity index (χ2v) is 22.1. The molecule has 10 rings (SSSR count). The van der Waals surface area contributed by atoms with Gasteiger partial charge < -0.3 is 25.4 Å². The quantitative estimate of drug-likeness (QED) is 0.0915. The number of carboxylic acids is 1. The molecule has 0 spiro atoms. The van der Waals surface area contributed by atoms with Crippen molar-refractivity contribution in [2.45, 2.75) is 90.4 Å². The highest BCUT2D eigenvalue weighted by atomic mass is 32.2. The summed E-state index contributed by atoms with van der Waals surface area (Å²) in [5.74, 6) is -2.32. The molecule has 16 nitrogen and oxygen atoms in total. The van der Waals surface area contributed by atoms with Crippen LogP contribution in [-0.4, -0.2) is 105 Å². The number of fused-ring (bicyclic) bond motifs is 2. The minimum atomic E-state index is -4.40. The number of rotatable bonds is 14. The Bertz CT molecular complexity index is 2750. The van der Waals surface area contributed by atoms with Gasteiger partial charge in [-0.25, -0.2) is 14.8 Å². The molecule has 1 aliphatic heterocycles. The number of aromatic nitrogens is 4. The summed E-state index contributed by atoms with van der Waals surface area (Å²) >= 11 is 1.42. The SMILES string of the molecule is Cc1c(-c2ccc(N3CCc4cccc(C(=O)Nc5nc6ccccc6s5)c4C3)nc2C(=O)O)cnn1CC12CC3(C)CC(C)(C1)CC(OCCN(C)C(=O)[C@@H](N)CS(=O)(=O)O)(C3)C2. The third kappa shape index (κ3) is 8.53. The number of carbonyl (C=O) groups excluding carboxylic acids is 2. The standard InChI is InChI=1S/C46H54N8O8S2/c1-28-32(18-48-54(28)27-45-22-43(2)21-44(3,23-45)25-46(24-43,26-45)62-17-16-52(4)40(56)34(47)20-64(59,60)61)30-12-13-37(50-38(30)41(57)58)53-15-14-29-8-7-9-31(33(29)19-53)39(55)51-42-49-35-10-5-6-11-36(35)63-42/h5-13,18,34H,14-17,19-27,47H2,1-4H3,(H,57,58)(H,49,51,55)(H,59,60,61)/t34-,43?,44?,45?,46?/m0/s1. The van der Waals surface area contributed by atoms with E-state index in [1.807, 2.05) is 71.1 Å². The Morgan fingerprint density at radius 1 is 0.984 bits per heavy atom. The first kappa shape index (κ1) is 44.0. The van der Waals surface area contributed by atoms with Crippen LogP contribution in [0.1, 0.15) is 90.0 Å². The molecule has 5 aromatic rings. The monoisotopic (exact) mass is 910 g/mol. The number of amides is 2. The van der Waals surface area contributed by atoms with Crippen molar-refractivity contribution in [1.82, 2.24) is 24.6 Å². The van der Waals surface area contributed by atoms with Gasteiger partial charge in [0.1, 0.15) is 11.9 Å². The van der Waals surface area contributed by atoms with Crippen LogP contribution in [0, 0.1) is 23.2 Å². The fraction of sp³-hybridized carbons (Fsp3) is 0.478. The third-order valence-electron chi connectivity index (χ3n) is 13.9. The zero-order valence-electron chi connectivity index (χ0n) is 36.5. The topological polar surface area (TPSA) is 223 Å². The summed E-state index contributed by atoms with van der Waals surface area (Å²) in [6.45, 7) is 8.74. The molecule has 2 aromatic carbocycles. The number of likely N-dealkylation sites (N-methyl/N-ethyl adjacent to an activating group) is 1. The molecule has 2 unspecified atom stereocenters. The van der Waals surface area contributed by atoms with Gasteiger partial charge in [-0.05, 0) is 110 Å². The van der Waals surface area contributed by atoms with Crippen LogP contribution in [0.25, 0.3) is 21.3 Å². The third-order valence-corrected chi connectivity index (χ3v) is 15.6. The van der Waals surface area contributed by atoms with Gasteiger partial charge in [-0.3, -0.25) is 24.1 Å². The molecule has 4 fully saturated rings. The first-order valence-electron chi connectivity index (χ1n) is 21.6. The number of benzene rings is 2. The highest BCUT2D eigenvalue weighted by Gasteiger charge is 2.66. The lowest BCUT2D eigenvalue weighted by Gasteiger charge is -2.69. The number of hydrogen-bond acceptors (Lipinski definition) is 12. The second kappa shape index (κ2) is 16.0. The maximum atomic E-state index is 13.7. The predicted molar refractivity (Wildman–Crippen MR) is 243 cm³/mol. The van der Waals surface area contributed by atoms with Crippen molar-refractivity contribution >= 4 is 60.4 Å². The summed E-state index contributed by atoms with van der Waals surface area (Å²) in [6.07, 6.45) is 8.07. The van der Waals surface area contributed by atoms with E-state index in [2.05, 4.69) is 24.1 Å². The van der Waals surface area contributed by atoms with Crippen molar-refractivity contribution in [3.05, 3.63) is 88.9 Å². The van der Waals surface area contributed by atoms with E-state index in [-0.39, 0.29) is 41.0 Å². The summed E-state index contributed by atoms with van der Waals surface area (Å²) in [7, 11) is -2.86. The smallest absolute Gasteiger partial charge is 0.355 e. The Kier molecular flexibility index (Phi) is 11.0. The Balaban J connectivity index is 0.916. The van der Waals surface area contributed by atoms with E-state index in [1.54, 1.807) is 13.2 Å². The Morgan fingerprint density at radius 2 is 1.73 bits per heavy atom. The molecule has 18 heteroatoms. The van der Waals surface area contributed by atoms with E-state index in [1.165, 1.54) is 16.2 Å². The maximum absolute atomic E-state index is 13.7. The number of carbonyl (C=O) groups is 3. The average molecular weight is 911 g/mol. The molecule has 5 N–H and O–H groups in total. The number of anilines is 2. The summed E-state index contributed by atoms with van der Waals surface area (Å²) in [5.41, 5.74) is 10.5. The van der Waals surface area contributed by atoms with Gasteiger partial charge in [-0.15, -0.1) is 0 Å². The minimum absolute atomic E-state index is 0.0269. The van der Waals surface area contributed by atoms with Crippen LogP contribution in [0.5, 0.6) is 0 Å². The van der Waals surface area contributed by atoms with Gasteiger partial charge >= 0.3 is 5.97 Å². The molecule has 4 heterocycles. The number of para-hydroxylation sites is 1. The molecule has 5 aliphatic rings. The molecule has 4 aliphatic carbocycles. The summed E-state index contributed by atoms with van der Waals surface area (Å²) in [6, 6.07) is 15.8. The molecule has 0 saturated heterocycles. The van der Waals surface area contributed by atoms with E-state index >= 15 is 0 Å². The predicted octanol–water partition coefficient (Wildman–Crippen LogP) is 6.19. The molecule has 4 bridgehead atoms. The van der Waals surface area contributed by atoms with Crippen LogP contribution in [-0.2, 0) is 39.2 Å². The largest absolute Gasteiger partial charge is 0.476 e. The van der Waals surface area contributed by atoms with Crippen LogP contribution in [0.3, 0.4) is 0 Å². The van der Waals surface area contributed by atoms with Gasteiger partial charge in [0.05, 0.1) is 34.4 Å². The molecule has 2 amide bonds. The van der Waals surface area contributed by atoms with Gasteiger partial charge in [-0.1, -0.05) is 49.4 Å². The van der Waals surface area contributed by atoms with Gasteiger partial charge in [0, 0.05) is 55.6 Å². The number of nitrogens with one attached hydrogen (secondary N) is 1. The van der Waals surface area contributed by atoms with Crippen molar-refractivity contribution in [2.24, 2.45) is 22.0 Å². The Labute approximate surface area is 376 Å². The molecule has 3 atom stereocenters. The van der Waals surface area contributed by atoms with Gasteiger partial charge in [0.15, 0.2) is 10.8 Å². The van der Waals surface area contributed by atoms with Crippen molar-refractivity contribution in [2.75, 3.05) is 42.7 Å². The fourth-order valence-electron chi connectivity index (χ4n) is 12.5. The van der Waals surface area contributed by atoms with Crippen molar-refractivity contribution in [3.8, 4) is 11.1 Å². The lowest BCUT2D eigenvalue weighted by Crippen LogP contribution is -2.64. The molecule has 64 heavy (non-hydrogen) atoms. The van der Waals surface area contributed by atoms with E-state index in [0.717, 1.165) is 65.6 Å². The van der Waals surface area contributed by atoms with Crippen LogP contribution in [0.15, 0.2) is 60.8 Å². The number of aromatic carboxylic acids is 1. The van der Waals surface area contributed by atoms with E-state index in [4.69, 9.17) is 20.6 Å². The first-order valence-corrected chi connectivity index (χ1v) is 24.1. The van der Waals surface area contributed by atoms with Crippen LogP contribution in [0.4, 0.5) is 10.9 Å². The number of nitrogens with zero attached hydrogens (tertiary/aromatic N) is 6. The van der Waals surface area contributed by atoms with Crippen LogP contribution < -0.4 is 16.0 Å². The van der Waals surface area contributed by atoms with Crippen LogP contribution in [0.2, 0.25) is 0 Å². The zero-order valence-corrected chi connectivity index (χ0v) is 38.1. The van der Waals surface area contributed by atoms with E-state index in [9.17, 15) is 32.5 Å². The number of hydrogen-bond donors (Lipinski definition) is 4. The molecule has 338 valence electrons. The Hall–Kier alpha value is -5.27. The van der Waals surface area contributed by atoms with Crippen molar-refractivity contribution in [1.29, 1.82) is 0 Å². The van der Waals surface area contributed by atoms with Crippen molar-refractivity contribution < 1.29 is 37.2 Å². The molecular formula is C46H54N8O8S2. The fourth-order valence-corrected chi connectivity index (χ4v) is 14.0. The minimum Gasteiger partial charge on any atom is -0.476 e. The number of carboxylic acid groups (broad SMARTS) is 1. The lowest BCUT2D eigenvalue weighted by atomic mass is 9.39. The highest BCUT2D eigenvalue weighted by molar-refractivity contribution is 7.85.